The molecule has 0 atom stereocenters. The minimum atomic E-state index is -0.659. The fraction of sp³-hybridized carbons (Fsp3) is 0. The summed E-state index contributed by atoms with van der Waals surface area (Å²) in [5.74, 6) is -0.685. The first-order valence-electron chi connectivity index (χ1n) is 3.77. The quantitative estimate of drug-likeness (QED) is 0.429. The third-order valence-corrected chi connectivity index (χ3v) is 1.91. The van der Waals surface area contributed by atoms with Crippen molar-refractivity contribution in [1.29, 1.82) is 0 Å². The van der Waals surface area contributed by atoms with Crippen LogP contribution in [0.2, 0.25) is 0 Å². The summed E-state index contributed by atoms with van der Waals surface area (Å²) in [6.07, 6.45) is 0. The molecule has 0 spiro atoms. The van der Waals surface area contributed by atoms with Gasteiger partial charge >= 0.3 is 0 Å². The van der Waals surface area contributed by atoms with Gasteiger partial charge in [0, 0.05) is 0 Å². The molecule has 0 radical (unpaired) electrons. The van der Waals surface area contributed by atoms with Crippen LogP contribution in [0.5, 0.6) is 11.5 Å². The number of H-pyrrole nitrogens is 2. The van der Waals surface area contributed by atoms with Gasteiger partial charge in [-0.15, -0.1) is 0 Å². The van der Waals surface area contributed by atoms with Crippen molar-refractivity contribution in [1.82, 2.24) is 10.2 Å². The highest BCUT2D eigenvalue weighted by Gasteiger charge is 2.11. The summed E-state index contributed by atoms with van der Waals surface area (Å²) < 4.78 is 0. The number of hydrogen-bond donors (Lipinski definition) is 4. The highest BCUT2D eigenvalue weighted by atomic mass is 16.3. The van der Waals surface area contributed by atoms with Crippen molar-refractivity contribution >= 4 is 10.8 Å². The molecule has 0 saturated heterocycles. The van der Waals surface area contributed by atoms with Crippen LogP contribution in [0, 0.1) is 0 Å². The third kappa shape index (κ3) is 0.972. The highest BCUT2D eigenvalue weighted by Crippen LogP contribution is 2.25. The number of aromatic hydroxyl groups is 2. The summed E-state index contributed by atoms with van der Waals surface area (Å²) in [6.45, 7) is 0. The van der Waals surface area contributed by atoms with E-state index in [4.69, 9.17) is 0 Å². The molecule has 1 aromatic carbocycles. The molecule has 6 nitrogen and oxygen atoms in total. The molecule has 6 heteroatoms. The lowest BCUT2D eigenvalue weighted by atomic mass is 10.1. The molecule has 0 aliphatic heterocycles. The molecule has 2 aromatic rings. The van der Waals surface area contributed by atoms with Crippen molar-refractivity contribution in [2.45, 2.75) is 0 Å². The number of rotatable bonds is 0. The Kier molecular flexibility index (Phi) is 1.57. The number of phenolic OH excluding ortho intramolecular Hbond substituents is 2. The Hall–Kier alpha value is -2.24. The monoisotopic (exact) mass is 194 g/mol. The predicted octanol–water partition coefficient (Wildman–Crippen LogP) is -0.372. The second-order valence-corrected chi connectivity index (χ2v) is 2.76. The van der Waals surface area contributed by atoms with Gasteiger partial charge in [-0.25, -0.2) is 0 Å². The summed E-state index contributed by atoms with van der Waals surface area (Å²) >= 11 is 0. The normalized spacial score (nSPS) is 10.6. The van der Waals surface area contributed by atoms with Gasteiger partial charge in [-0.2, -0.15) is 0 Å². The van der Waals surface area contributed by atoms with Gasteiger partial charge in [-0.05, 0) is 12.1 Å². The van der Waals surface area contributed by atoms with Gasteiger partial charge in [0.05, 0.1) is 10.8 Å². The second kappa shape index (κ2) is 2.63. The average molecular weight is 194 g/mol. The summed E-state index contributed by atoms with van der Waals surface area (Å²) in [5.41, 5.74) is -1.32. The molecule has 72 valence electrons. The maximum absolute atomic E-state index is 11.2. The predicted molar refractivity (Wildman–Crippen MR) is 48.5 cm³/mol. The Morgan fingerprint density at radius 2 is 1.21 bits per heavy atom. The number of hydrogen-bond acceptors (Lipinski definition) is 4. The fourth-order valence-electron chi connectivity index (χ4n) is 1.28. The number of aromatic nitrogens is 2. The van der Waals surface area contributed by atoms with Gasteiger partial charge in [0.15, 0.2) is 0 Å². The van der Waals surface area contributed by atoms with Gasteiger partial charge in [0.25, 0.3) is 11.1 Å². The van der Waals surface area contributed by atoms with Crippen molar-refractivity contribution in [2.24, 2.45) is 0 Å². The summed E-state index contributed by atoms with van der Waals surface area (Å²) in [6, 6.07) is 2.29. The van der Waals surface area contributed by atoms with Crippen molar-refractivity contribution in [3.8, 4) is 11.5 Å². The molecule has 14 heavy (non-hydrogen) atoms. The molecule has 0 bridgehead atoms. The van der Waals surface area contributed by atoms with E-state index in [0.717, 1.165) is 12.1 Å². The number of aromatic amines is 2. The topological polar surface area (TPSA) is 106 Å². The molecule has 2 rings (SSSR count). The lowest BCUT2D eigenvalue weighted by Crippen LogP contribution is -2.18. The van der Waals surface area contributed by atoms with Gasteiger partial charge in [0.1, 0.15) is 11.5 Å². The Bertz CT molecular complexity index is 556. The van der Waals surface area contributed by atoms with Crippen molar-refractivity contribution in [3.63, 3.8) is 0 Å². The molecule has 0 fully saturated rings. The van der Waals surface area contributed by atoms with E-state index in [2.05, 4.69) is 0 Å². The number of nitrogens with one attached hydrogen (secondary N) is 2. The standard InChI is InChI=1S/C8H6N2O4/c11-3-1-2-4(12)6-5(3)7(13)9-10-8(6)14/h1-2,11-12H,(H,9,13)(H,10,14). The maximum Gasteiger partial charge on any atom is 0.274 e. The first kappa shape index (κ1) is 8.36. The maximum atomic E-state index is 11.2. The summed E-state index contributed by atoms with van der Waals surface area (Å²) in [4.78, 5) is 22.4. The van der Waals surface area contributed by atoms with Crippen LogP contribution in [0.15, 0.2) is 21.7 Å². The van der Waals surface area contributed by atoms with Crippen LogP contribution in [0.25, 0.3) is 10.8 Å². The van der Waals surface area contributed by atoms with Gasteiger partial charge in [-0.1, -0.05) is 0 Å². The van der Waals surface area contributed by atoms with Gasteiger partial charge < -0.3 is 10.2 Å². The lowest BCUT2D eigenvalue weighted by Gasteiger charge is -2.00. The zero-order chi connectivity index (χ0) is 10.3. The van der Waals surface area contributed by atoms with Crippen LogP contribution in [-0.2, 0) is 0 Å². The van der Waals surface area contributed by atoms with Crippen LogP contribution in [0.4, 0.5) is 0 Å². The molecule has 0 amide bonds. The van der Waals surface area contributed by atoms with E-state index >= 15 is 0 Å². The lowest BCUT2D eigenvalue weighted by molar-refractivity contribution is 0.468. The number of fused-ring (bicyclic) bond motifs is 1. The second-order valence-electron chi connectivity index (χ2n) is 2.76. The molecule has 0 aliphatic rings. The van der Waals surface area contributed by atoms with Crippen molar-refractivity contribution in [3.05, 3.63) is 32.8 Å². The molecule has 0 saturated carbocycles. The zero-order valence-electron chi connectivity index (χ0n) is 6.87. The van der Waals surface area contributed by atoms with Gasteiger partial charge in [0.2, 0.25) is 0 Å². The smallest absolute Gasteiger partial charge is 0.274 e. The van der Waals surface area contributed by atoms with Crippen LogP contribution in [0.3, 0.4) is 0 Å². The summed E-state index contributed by atoms with van der Waals surface area (Å²) in [7, 11) is 0. The number of phenols is 2. The Labute approximate surface area is 76.4 Å². The molecule has 0 unspecified atom stereocenters. The Morgan fingerprint density at radius 1 is 0.857 bits per heavy atom. The minimum Gasteiger partial charge on any atom is -0.507 e. The van der Waals surface area contributed by atoms with Crippen molar-refractivity contribution < 1.29 is 10.2 Å². The number of benzene rings is 1. The third-order valence-electron chi connectivity index (χ3n) is 1.91. The highest BCUT2D eigenvalue weighted by molar-refractivity contribution is 5.91. The molecule has 4 N–H and O–H groups in total. The van der Waals surface area contributed by atoms with E-state index in [1.54, 1.807) is 0 Å². The Morgan fingerprint density at radius 3 is 1.57 bits per heavy atom. The average Bonchev–Trinajstić information content (AvgIpc) is 2.16. The van der Waals surface area contributed by atoms with Crippen LogP contribution in [0.1, 0.15) is 0 Å². The largest absolute Gasteiger partial charge is 0.507 e. The van der Waals surface area contributed by atoms with Gasteiger partial charge in [-0.3, -0.25) is 19.8 Å². The molecule has 0 aliphatic carbocycles. The van der Waals surface area contributed by atoms with E-state index < -0.39 is 11.1 Å². The van der Waals surface area contributed by atoms with E-state index in [9.17, 15) is 19.8 Å². The first-order chi connectivity index (χ1) is 6.61. The van der Waals surface area contributed by atoms with Crippen LogP contribution < -0.4 is 11.1 Å². The molecule has 1 heterocycles. The minimum absolute atomic E-state index is 0.214. The first-order valence-corrected chi connectivity index (χ1v) is 3.77. The Balaban J connectivity index is 3.22. The summed E-state index contributed by atoms with van der Waals surface area (Å²) in [5, 5.41) is 22.3. The van der Waals surface area contributed by atoms with E-state index in [1.807, 2.05) is 10.2 Å². The molecular formula is C8H6N2O4. The van der Waals surface area contributed by atoms with Crippen LogP contribution in [-0.4, -0.2) is 20.4 Å². The SMILES string of the molecule is O=c1[nH][nH]c(=O)c2c(O)ccc(O)c12. The van der Waals surface area contributed by atoms with Crippen LogP contribution >= 0.6 is 0 Å². The van der Waals surface area contributed by atoms with Crippen molar-refractivity contribution in [2.75, 3.05) is 0 Å². The molecule has 1 aromatic heterocycles. The molecular weight excluding hydrogens is 188 g/mol. The zero-order valence-corrected chi connectivity index (χ0v) is 6.87. The van der Waals surface area contributed by atoms with E-state index in [-0.39, 0.29) is 22.3 Å². The van der Waals surface area contributed by atoms with E-state index in [0.29, 0.717) is 0 Å². The van der Waals surface area contributed by atoms with E-state index in [1.165, 1.54) is 0 Å². The fourth-order valence-corrected chi connectivity index (χ4v) is 1.28.